The Kier molecular flexibility index (Phi) is 2.20. The molecule has 1 fully saturated rings. The minimum absolute atomic E-state index is 0.380. The standard InChI is InChI=1S/C10H12O3/c11-10(12)7-1-3-8(4-2-7)13-9-5-6-9/h1-4,9-12H,5-6H2. The molecule has 3 heteroatoms. The van der Waals surface area contributed by atoms with E-state index in [2.05, 4.69) is 0 Å². The zero-order chi connectivity index (χ0) is 9.26. The molecule has 0 amide bonds. The van der Waals surface area contributed by atoms with Crippen molar-refractivity contribution < 1.29 is 14.9 Å². The van der Waals surface area contributed by atoms with E-state index in [1.165, 1.54) is 0 Å². The normalized spacial score (nSPS) is 16.2. The SMILES string of the molecule is OC(O)c1ccc(OC2CC2)cc1. The minimum Gasteiger partial charge on any atom is -0.490 e. The van der Waals surface area contributed by atoms with Gasteiger partial charge in [-0.15, -0.1) is 0 Å². The van der Waals surface area contributed by atoms with Gasteiger partial charge in [-0.1, -0.05) is 12.1 Å². The lowest BCUT2D eigenvalue weighted by molar-refractivity contribution is -0.0425. The molecule has 0 unspecified atom stereocenters. The van der Waals surface area contributed by atoms with Gasteiger partial charge in [0.25, 0.3) is 0 Å². The van der Waals surface area contributed by atoms with Crippen LogP contribution in [0.4, 0.5) is 0 Å². The molecule has 0 aromatic heterocycles. The fraction of sp³-hybridized carbons (Fsp3) is 0.400. The second-order valence-corrected chi connectivity index (χ2v) is 3.26. The van der Waals surface area contributed by atoms with E-state index in [-0.39, 0.29) is 0 Å². The van der Waals surface area contributed by atoms with Gasteiger partial charge in [0.1, 0.15) is 5.75 Å². The first-order valence-electron chi connectivity index (χ1n) is 4.38. The summed E-state index contributed by atoms with van der Waals surface area (Å²) in [5.74, 6) is 0.798. The van der Waals surface area contributed by atoms with Gasteiger partial charge >= 0.3 is 0 Å². The molecule has 0 atom stereocenters. The molecule has 13 heavy (non-hydrogen) atoms. The van der Waals surface area contributed by atoms with E-state index in [0.29, 0.717) is 11.7 Å². The molecule has 3 nitrogen and oxygen atoms in total. The van der Waals surface area contributed by atoms with Crippen molar-refractivity contribution in [3.8, 4) is 5.75 Å². The molecule has 0 spiro atoms. The lowest BCUT2D eigenvalue weighted by Crippen LogP contribution is -1.97. The Morgan fingerprint density at radius 2 is 1.77 bits per heavy atom. The van der Waals surface area contributed by atoms with E-state index in [1.807, 2.05) is 0 Å². The molecule has 1 saturated carbocycles. The molecule has 1 aliphatic carbocycles. The Morgan fingerprint density at radius 1 is 1.15 bits per heavy atom. The van der Waals surface area contributed by atoms with Crippen LogP contribution in [-0.2, 0) is 0 Å². The summed E-state index contributed by atoms with van der Waals surface area (Å²) in [5, 5.41) is 17.6. The van der Waals surface area contributed by atoms with Gasteiger partial charge < -0.3 is 14.9 Å². The summed E-state index contributed by atoms with van der Waals surface area (Å²) in [6.07, 6.45) is 1.24. The van der Waals surface area contributed by atoms with Crippen molar-refractivity contribution in [2.75, 3.05) is 0 Å². The fourth-order valence-corrected chi connectivity index (χ4v) is 1.10. The first-order chi connectivity index (χ1) is 6.25. The highest BCUT2D eigenvalue weighted by Crippen LogP contribution is 2.27. The van der Waals surface area contributed by atoms with E-state index < -0.39 is 6.29 Å². The minimum atomic E-state index is -1.39. The summed E-state index contributed by atoms with van der Waals surface area (Å²) in [6, 6.07) is 6.82. The Hall–Kier alpha value is -1.06. The first-order valence-corrected chi connectivity index (χ1v) is 4.38. The maximum Gasteiger partial charge on any atom is 0.178 e. The summed E-state index contributed by atoms with van der Waals surface area (Å²) in [7, 11) is 0. The Bertz CT molecular complexity index is 275. The van der Waals surface area contributed by atoms with Gasteiger partial charge in [-0.25, -0.2) is 0 Å². The van der Waals surface area contributed by atoms with Gasteiger partial charge in [-0.05, 0) is 25.0 Å². The van der Waals surface area contributed by atoms with Crippen LogP contribution in [0.1, 0.15) is 24.7 Å². The zero-order valence-corrected chi connectivity index (χ0v) is 7.18. The maximum atomic E-state index is 8.82. The van der Waals surface area contributed by atoms with Crippen LogP contribution in [0.3, 0.4) is 0 Å². The smallest absolute Gasteiger partial charge is 0.178 e. The quantitative estimate of drug-likeness (QED) is 0.687. The highest BCUT2D eigenvalue weighted by atomic mass is 16.5. The van der Waals surface area contributed by atoms with Crippen molar-refractivity contribution in [3.63, 3.8) is 0 Å². The fourth-order valence-electron chi connectivity index (χ4n) is 1.10. The molecule has 0 aliphatic heterocycles. The van der Waals surface area contributed by atoms with Crippen molar-refractivity contribution in [2.45, 2.75) is 25.2 Å². The third-order valence-corrected chi connectivity index (χ3v) is 2.01. The van der Waals surface area contributed by atoms with Crippen molar-refractivity contribution in [1.29, 1.82) is 0 Å². The van der Waals surface area contributed by atoms with Gasteiger partial charge in [0.15, 0.2) is 6.29 Å². The molecular formula is C10H12O3. The molecule has 2 rings (SSSR count). The van der Waals surface area contributed by atoms with E-state index in [9.17, 15) is 0 Å². The first kappa shape index (κ1) is 8.53. The van der Waals surface area contributed by atoms with Crippen molar-refractivity contribution in [2.24, 2.45) is 0 Å². The summed E-state index contributed by atoms with van der Waals surface area (Å²) in [6.45, 7) is 0. The van der Waals surface area contributed by atoms with Gasteiger partial charge in [-0.2, -0.15) is 0 Å². The second kappa shape index (κ2) is 3.36. The van der Waals surface area contributed by atoms with Crippen LogP contribution in [0.5, 0.6) is 5.75 Å². The van der Waals surface area contributed by atoms with E-state index in [1.54, 1.807) is 24.3 Å². The third kappa shape index (κ3) is 2.20. The molecular weight excluding hydrogens is 168 g/mol. The summed E-state index contributed by atoms with van der Waals surface area (Å²) >= 11 is 0. The van der Waals surface area contributed by atoms with E-state index >= 15 is 0 Å². The van der Waals surface area contributed by atoms with Gasteiger partial charge in [0.05, 0.1) is 6.10 Å². The number of hydrogen-bond donors (Lipinski definition) is 2. The van der Waals surface area contributed by atoms with E-state index in [0.717, 1.165) is 18.6 Å². The number of rotatable bonds is 3. The highest BCUT2D eigenvalue weighted by Gasteiger charge is 2.23. The number of benzene rings is 1. The van der Waals surface area contributed by atoms with E-state index in [4.69, 9.17) is 14.9 Å². The Labute approximate surface area is 76.6 Å². The van der Waals surface area contributed by atoms with Crippen LogP contribution in [-0.4, -0.2) is 16.3 Å². The predicted molar refractivity (Wildman–Crippen MR) is 47.3 cm³/mol. The molecule has 70 valence electrons. The average molecular weight is 180 g/mol. The number of aliphatic hydroxyl groups excluding tert-OH is 1. The number of hydrogen-bond acceptors (Lipinski definition) is 3. The second-order valence-electron chi connectivity index (χ2n) is 3.26. The van der Waals surface area contributed by atoms with Crippen LogP contribution in [0.15, 0.2) is 24.3 Å². The van der Waals surface area contributed by atoms with Gasteiger partial charge in [-0.3, -0.25) is 0 Å². The van der Waals surface area contributed by atoms with Gasteiger partial charge in [0, 0.05) is 5.56 Å². The van der Waals surface area contributed by atoms with Crippen LogP contribution in [0.25, 0.3) is 0 Å². The molecule has 0 bridgehead atoms. The average Bonchev–Trinajstić information content (AvgIpc) is 2.89. The monoisotopic (exact) mass is 180 g/mol. The molecule has 0 heterocycles. The molecule has 1 aliphatic rings. The third-order valence-electron chi connectivity index (χ3n) is 2.01. The molecule has 1 aromatic rings. The summed E-state index contributed by atoms with van der Waals surface area (Å²) in [5.41, 5.74) is 0.489. The largest absolute Gasteiger partial charge is 0.490 e. The Balaban J connectivity index is 2.04. The zero-order valence-electron chi connectivity index (χ0n) is 7.18. The van der Waals surface area contributed by atoms with Crippen molar-refractivity contribution in [1.82, 2.24) is 0 Å². The van der Waals surface area contributed by atoms with Crippen LogP contribution >= 0.6 is 0 Å². The molecule has 0 radical (unpaired) electrons. The lowest BCUT2D eigenvalue weighted by atomic mass is 10.2. The summed E-state index contributed by atoms with van der Waals surface area (Å²) in [4.78, 5) is 0. The lowest BCUT2D eigenvalue weighted by Gasteiger charge is -2.06. The molecule has 0 saturated heterocycles. The van der Waals surface area contributed by atoms with Crippen LogP contribution < -0.4 is 4.74 Å². The van der Waals surface area contributed by atoms with Gasteiger partial charge in [0.2, 0.25) is 0 Å². The van der Waals surface area contributed by atoms with Crippen molar-refractivity contribution in [3.05, 3.63) is 29.8 Å². The topological polar surface area (TPSA) is 49.7 Å². The maximum absolute atomic E-state index is 8.82. The highest BCUT2D eigenvalue weighted by molar-refractivity contribution is 5.28. The molecule has 1 aromatic carbocycles. The van der Waals surface area contributed by atoms with Crippen LogP contribution in [0.2, 0.25) is 0 Å². The number of aliphatic hydroxyl groups is 2. The predicted octanol–water partition coefficient (Wildman–Crippen LogP) is 1.21. The summed E-state index contributed by atoms with van der Waals surface area (Å²) < 4.78 is 5.50. The molecule has 2 N–H and O–H groups in total. The van der Waals surface area contributed by atoms with Crippen LogP contribution in [0, 0.1) is 0 Å². The van der Waals surface area contributed by atoms with Crippen molar-refractivity contribution >= 4 is 0 Å². The Morgan fingerprint density at radius 3 is 2.23 bits per heavy atom. The number of ether oxygens (including phenoxy) is 1.